The largest absolute Gasteiger partial charge is 0.312 e. The molecular weight excluding hydrogens is 244 g/mol. The Bertz CT molecular complexity index is 551. The summed E-state index contributed by atoms with van der Waals surface area (Å²) in [4.78, 5) is 4.52. The van der Waals surface area contributed by atoms with Gasteiger partial charge in [-0.05, 0) is 42.9 Å². The maximum atomic E-state index is 4.52. The van der Waals surface area contributed by atoms with Crippen LogP contribution in [0.5, 0.6) is 0 Å². The Morgan fingerprint density at radius 3 is 2.75 bits per heavy atom. The van der Waals surface area contributed by atoms with Crippen LogP contribution in [0.2, 0.25) is 0 Å². The molecule has 106 valence electrons. The average molecular weight is 268 g/mol. The van der Waals surface area contributed by atoms with Crippen molar-refractivity contribution in [3.05, 3.63) is 42.1 Å². The number of para-hydroxylation sites is 1. The molecule has 0 unspecified atom stereocenters. The van der Waals surface area contributed by atoms with Gasteiger partial charge >= 0.3 is 0 Å². The molecule has 0 amide bonds. The predicted octanol–water partition coefficient (Wildman–Crippen LogP) is 4.15. The first kappa shape index (κ1) is 13.6. The smallest absolute Gasteiger partial charge is 0.0746 e. The van der Waals surface area contributed by atoms with E-state index >= 15 is 0 Å². The Kier molecular flexibility index (Phi) is 4.31. The predicted molar refractivity (Wildman–Crippen MR) is 84.6 cm³/mol. The summed E-state index contributed by atoms with van der Waals surface area (Å²) in [5, 5.41) is 4.87. The highest BCUT2D eigenvalue weighted by atomic mass is 14.9. The van der Waals surface area contributed by atoms with E-state index in [4.69, 9.17) is 0 Å². The molecule has 1 aliphatic carbocycles. The molecule has 1 aromatic carbocycles. The van der Waals surface area contributed by atoms with Crippen molar-refractivity contribution in [3.8, 4) is 0 Å². The molecule has 0 bridgehead atoms. The van der Waals surface area contributed by atoms with E-state index in [9.17, 15) is 0 Å². The third-order valence-electron chi connectivity index (χ3n) is 4.60. The van der Waals surface area contributed by atoms with Crippen LogP contribution in [-0.2, 0) is 6.54 Å². The molecule has 3 rings (SSSR count). The van der Waals surface area contributed by atoms with Gasteiger partial charge in [0.1, 0.15) is 0 Å². The van der Waals surface area contributed by atoms with Crippen molar-refractivity contribution < 1.29 is 0 Å². The highest BCUT2D eigenvalue weighted by molar-refractivity contribution is 5.81. The molecule has 1 aromatic heterocycles. The van der Waals surface area contributed by atoms with E-state index in [2.05, 4.69) is 41.5 Å². The zero-order chi connectivity index (χ0) is 13.8. The number of pyridine rings is 1. The third kappa shape index (κ3) is 3.18. The zero-order valence-electron chi connectivity index (χ0n) is 12.3. The second-order valence-corrected chi connectivity index (χ2v) is 6.25. The number of hydrogen-bond donors (Lipinski definition) is 1. The van der Waals surface area contributed by atoms with Gasteiger partial charge in [-0.2, -0.15) is 0 Å². The Hall–Kier alpha value is -1.41. The standard InChI is InChI=1S/C18H24N2/c1-14-7-9-15(10-8-14)12-19-13-17-5-2-4-16-6-3-11-20-18(16)17/h2-6,11,14-15,19H,7-10,12-13H2,1H3. The first-order chi connectivity index (χ1) is 9.83. The summed E-state index contributed by atoms with van der Waals surface area (Å²) in [5.41, 5.74) is 2.45. The molecule has 0 radical (unpaired) electrons. The monoisotopic (exact) mass is 268 g/mol. The Morgan fingerprint density at radius 2 is 1.90 bits per heavy atom. The number of fused-ring (bicyclic) bond motifs is 1. The second kappa shape index (κ2) is 6.36. The average Bonchev–Trinajstić information content (AvgIpc) is 2.49. The third-order valence-corrected chi connectivity index (χ3v) is 4.60. The highest BCUT2D eigenvalue weighted by Gasteiger charge is 2.17. The molecule has 1 heterocycles. The zero-order valence-corrected chi connectivity index (χ0v) is 12.3. The summed E-state index contributed by atoms with van der Waals surface area (Å²) in [6.45, 7) is 4.46. The minimum atomic E-state index is 0.870. The fraction of sp³-hybridized carbons (Fsp3) is 0.500. The van der Waals surface area contributed by atoms with Crippen LogP contribution < -0.4 is 5.32 Å². The lowest BCUT2D eigenvalue weighted by molar-refractivity contribution is 0.281. The maximum absolute atomic E-state index is 4.52. The van der Waals surface area contributed by atoms with Gasteiger partial charge < -0.3 is 5.32 Å². The van der Waals surface area contributed by atoms with Crippen molar-refractivity contribution in [2.75, 3.05) is 6.54 Å². The summed E-state index contributed by atoms with van der Waals surface area (Å²) in [6.07, 6.45) is 7.47. The summed E-state index contributed by atoms with van der Waals surface area (Å²) < 4.78 is 0. The summed E-state index contributed by atoms with van der Waals surface area (Å²) in [7, 11) is 0. The minimum absolute atomic E-state index is 0.870. The molecule has 20 heavy (non-hydrogen) atoms. The SMILES string of the molecule is CC1CCC(CNCc2cccc3cccnc23)CC1. The van der Waals surface area contributed by atoms with Crippen LogP contribution in [0.1, 0.15) is 38.2 Å². The second-order valence-electron chi connectivity index (χ2n) is 6.25. The van der Waals surface area contributed by atoms with Crippen LogP contribution in [0.4, 0.5) is 0 Å². The van der Waals surface area contributed by atoms with E-state index in [0.717, 1.165) is 30.4 Å². The highest BCUT2D eigenvalue weighted by Crippen LogP contribution is 2.27. The van der Waals surface area contributed by atoms with E-state index in [0.29, 0.717) is 0 Å². The van der Waals surface area contributed by atoms with Gasteiger partial charge in [0, 0.05) is 18.1 Å². The summed E-state index contributed by atoms with van der Waals surface area (Å²) in [6, 6.07) is 10.6. The molecule has 0 atom stereocenters. The van der Waals surface area contributed by atoms with Crippen LogP contribution >= 0.6 is 0 Å². The molecule has 0 spiro atoms. The number of aromatic nitrogens is 1. The quantitative estimate of drug-likeness (QED) is 0.901. The number of nitrogens with one attached hydrogen (secondary N) is 1. The van der Waals surface area contributed by atoms with Crippen LogP contribution in [-0.4, -0.2) is 11.5 Å². The Balaban J connectivity index is 1.57. The van der Waals surface area contributed by atoms with Gasteiger partial charge in [-0.25, -0.2) is 0 Å². The van der Waals surface area contributed by atoms with Crippen molar-refractivity contribution in [3.63, 3.8) is 0 Å². The van der Waals surface area contributed by atoms with Crippen molar-refractivity contribution in [1.82, 2.24) is 10.3 Å². The fourth-order valence-corrected chi connectivity index (χ4v) is 3.25. The number of nitrogens with zero attached hydrogens (tertiary/aromatic N) is 1. The molecule has 2 nitrogen and oxygen atoms in total. The Labute approximate surface area is 121 Å². The Morgan fingerprint density at radius 1 is 1.10 bits per heavy atom. The van der Waals surface area contributed by atoms with Crippen molar-refractivity contribution in [1.29, 1.82) is 0 Å². The summed E-state index contributed by atoms with van der Waals surface area (Å²) in [5.74, 6) is 1.81. The minimum Gasteiger partial charge on any atom is -0.312 e. The molecule has 1 saturated carbocycles. The first-order valence-electron chi connectivity index (χ1n) is 7.86. The van der Waals surface area contributed by atoms with Crippen LogP contribution in [0.3, 0.4) is 0 Å². The number of benzene rings is 1. The van der Waals surface area contributed by atoms with Crippen LogP contribution in [0.25, 0.3) is 10.9 Å². The van der Waals surface area contributed by atoms with Gasteiger partial charge in [-0.3, -0.25) is 4.98 Å². The van der Waals surface area contributed by atoms with E-state index in [1.165, 1.54) is 36.6 Å². The van der Waals surface area contributed by atoms with Gasteiger partial charge in [-0.15, -0.1) is 0 Å². The van der Waals surface area contributed by atoms with Gasteiger partial charge in [-0.1, -0.05) is 44.0 Å². The van der Waals surface area contributed by atoms with E-state index in [-0.39, 0.29) is 0 Å². The molecule has 2 heteroatoms. The number of hydrogen-bond acceptors (Lipinski definition) is 2. The normalized spacial score (nSPS) is 23.1. The molecule has 1 N–H and O–H groups in total. The van der Waals surface area contributed by atoms with Crippen LogP contribution in [0.15, 0.2) is 36.5 Å². The first-order valence-corrected chi connectivity index (χ1v) is 7.86. The van der Waals surface area contributed by atoms with Crippen molar-refractivity contribution in [2.24, 2.45) is 11.8 Å². The molecule has 2 aromatic rings. The van der Waals surface area contributed by atoms with Gasteiger partial charge in [0.2, 0.25) is 0 Å². The van der Waals surface area contributed by atoms with Crippen LogP contribution in [0, 0.1) is 11.8 Å². The van der Waals surface area contributed by atoms with Gasteiger partial charge in [0.15, 0.2) is 0 Å². The van der Waals surface area contributed by atoms with Gasteiger partial charge in [0.05, 0.1) is 5.52 Å². The lowest BCUT2D eigenvalue weighted by Crippen LogP contribution is -2.25. The maximum Gasteiger partial charge on any atom is 0.0746 e. The van der Waals surface area contributed by atoms with Crippen molar-refractivity contribution >= 4 is 10.9 Å². The number of rotatable bonds is 4. The molecule has 1 fully saturated rings. The molecule has 0 aliphatic heterocycles. The van der Waals surface area contributed by atoms with Crippen molar-refractivity contribution in [2.45, 2.75) is 39.2 Å². The molecule has 0 saturated heterocycles. The van der Waals surface area contributed by atoms with E-state index in [1.54, 1.807) is 0 Å². The lowest BCUT2D eigenvalue weighted by Gasteiger charge is -2.26. The van der Waals surface area contributed by atoms with E-state index < -0.39 is 0 Å². The van der Waals surface area contributed by atoms with Gasteiger partial charge in [0.25, 0.3) is 0 Å². The summed E-state index contributed by atoms with van der Waals surface area (Å²) >= 11 is 0. The topological polar surface area (TPSA) is 24.9 Å². The molecular formula is C18H24N2. The molecule has 1 aliphatic rings. The van der Waals surface area contributed by atoms with E-state index in [1.807, 2.05) is 12.3 Å². The fourth-order valence-electron chi connectivity index (χ4n) is 3.25. The lowest BCUT2D eigenvalue weighted by atomic mass is 9.83.